The fourth-order valence-corrected chi connectivity index (χ4v) is 1.48. The van der Waals surface area contributed by atoms with Crippen LogP contribution in [0.5, 0.6) is 0 Å². The van der Waals surface area contributed by atoms with E-state index in [0.717, 1.165) is 0 Å². The quantitative estimate of drug-likeness (QED) is 0.504. The molecule has 17 heavy (non-hydrogen) atoms. The van der Waals surface area contributed by atoms with Gasteiger partial charge in [0.05, 0.1) is 11.9 Å². The Morgan fingerprint density at radius 3 is 1.18 bits per heavy atom. The van der Waals surface area contributed by atoms with Crippen LogP contribution in [0.25, 0.3) is 0 Å². The minimum absolute atomic E-state index is 0. The van der Waals surface area contributed by atoms with Crippen molar-refractivity contribution in [2.75, 3.05) is 0 Å². The first-order chi connectivity index (χ1) is 7.25. The monoisotopic (exact) mass is 290 g/mol. The van der Waals surface area contributed by atoms with Crippen molar-refractivity contribution < 1.29 is 39.3 Å². The summed E-state index contributed by atoms with van der Waals surface area (Å²) in [6, 6.07) is 0. The summed E-state index contributed by atoms with van der Waals surface area (Å²) in [6.45, 7) is 7.30. The summed E-state index contributed by atoms with van der Waals surface area (Å²) in [4.78, 5) is 21.8. The van der Waals surface area contributed by atoms with E-state index in [1.165, 1.54) is 0 Å². The summed E-state index contributed by atoms with van der Waals surface area (Å²) in [5, 5.41) is 21.8. The summed E-state index contributed by atoms with van der Waals surface area (Å²) in [5.41, 5.74) is -0.271. The Labute approximate surface area is 115 Å². The molecule has 0 N–H and O–H groups in total. The molecule has 0 aliphatic carbocycles. The maximum Gasteiger partial charge on any atom is 2.00 e. The fourth-order valence-electron chi connectivity index (χ4n) is 1.48. The van der Waals surface area contributed by atoms with E-state index in [-0.39, 0.29) is 55.3 Å². The maximum atomic E-state index is 10.9. The standard InChI is InChI=1S/C12H20O4.Zn/c1-7(2)5-9(11(13)14)10(12(15)16)6-8(3)4;/h7-8H,5-6H2,1-4H3,(H,13,14)(H,15,16);/q;+2/p-2/b10-9-;. The zero-order valence-electron chi connectivity index (χ0n) is 10.9. The summed E-state index contributed by atoms with van der Waals surface area (Å²) in [7, 11) is 0. The van der Waals surface area contributed by atoms with Gasteiger partial charge in [-0.05, 0) is 35.8 Å². The van der Waals surface area contributed by atoms with E-state index in [9.17, 15) is 19.8 Å². The molecule has 5 heteroatoms. The molecule has 0 aliphatic rings. The predicted molar refractivity (Wildman–Crippen MR) is 56.0 cm³/mol. The first-order valence-electron chi connectivity index (χ1n) is 5.40. The number of carboxylic acid groups (broad SMARTS) is 2. The van der Waals surface area contributed by atoms with Crippen LogP contribution in [0.2, 0.25) is 0 Å². The molecule has 0 rings (SSSR count). The Morgan fingerprint density at radius 1 is 0.824 bits per heavy atom. The van der Waals surface area contributed by atoms with Crippen molar-refractivity contribution in [3.05, 3.63) is 11.1 Å². The van der Waals surface area contributed by atoms with Gasteiger partial charge in [-0.1, -0.05) is 27.7 Å². The topological polar surface area (TPSA) is 80.3 Å². The van der Waals surface area contributed by atoms with Gasteiger partial charge in [0, 0.05) is 0 Å². The molecule has 4 nitrogen and oxygen atoms in total. The van der Waals surface area contributed by atoms with Crippen molar-refractivity contribution in [2.45, 2.75) is 40.5 Å². The van der Waals surface area contributed by atoms with E-state index in [1.807, 2.05) is 27.7 Å². The largest absolute Gasteiger partial charge is 2.00 e. The molecule has 0 spiro atoms. The van der Waals surface area contributed by atoms with Crippen LogP contribution in [0.15, 0.2) is 11.1 Å². The molecule has 0 bridgehead atoms. The molecule has 92 valence electrons. The van der Waals surface area contributed by atoms with Gasteiger partial charge in [-0.3, -0.25) is 0 Å². The molecule has 0 atom stereocenters. The molecule has 0 aromatic rings. The number of carbonyl (C=O) groups is 2. The van der Waals surface area contributed by atoms with Crippen LogP contribution in [-0.2, 0) is 29.1 Å². The molecule has 0 radical (unpaired) electrons. The molecule has 0 heterocycles. The average molecular weight is 292 g/mol. The van der Waals surface area contributed by atoms with E-state index >= 15 is 0 Å². The van der Waals surface area contributed by atoms with Crippen LogP contribution in [0.1, 0.15) is 40.5 Å². The van der Waals surface area contributed by atoms with E-state index < -0.39 is 11.9 Å². The van der Waals surface area contributed by atoms with Gasteiger partial charge < -0.3 is 19.8 Å². The predicted octanol–water partition coefficient (Wildman–Crippen LogP) is -0.127. The number of carbonyl (C=O) groups excluding carboxylic acids is 2. The zero-order chi connectivity index (χ0) is 12.9. The Morgan fingerprint density at radius 2 is 1.06 bits per heavy atom. The van der Waals surface area contributed by atoms with Crippen molar-refractivity contribution in [1.82, 2.24) is 0 Å². The summed E-state index contributed by atoms with van der Waals surface area (Å²) in [5.74, 6) is -2.69. The minimum Gasteiger partial charge on any atom is -0.545 e. The SMILES string of the molecule is CC(C)C/C(C(=O)[O-])=C(\CC(C)C)C(=O)[O-].[Zn+2]. The van der Waals surface area contributed by atoms with Gasteiger partial charge in [-0.2, -0.15) is 0 Å². The number of carboxylic acids is 2. The molecule has 0 saturated carbocycles. The van der Waals surface area contributed by atoms with Gasteiger partial charge in [0.25, 0.3) is 0 Å². The van der Waals surface area contributed by atoms with Gasteiger partial charge in [-0.15, -0.1) is 0 Å². The van der Waals surface area contributed by atoms with E-state index in [0.29, 0.717) is 0 Å². The summed E-state index contributed by atoms with van der Waals surface area (Å²) in [6.07, 6.45) is 0.386. The zero-order valence-corrected chi connectivity index (χ0v) is 13.9. The normalized spacial score (nSPS) is 12.1. The van der Waals surface area contributed by atoms with Crippen molar-refractivity contribution >= 4 is 11.9 Å². The maximum absolute atomic E-state index is 10.9. The van der Waals surface area contributed by atoms with Gasteiger partial charge >= 0.3 is 19.5 Å². The van der Waals surface area contributed by atoms with Crippen molar-refractivity contribution in [3.8, 4) is 0 Å². The Kier molecular flexibility index (Phi) is 9.22. The molecule has 0 amide bonds. The van der Waals surface area contributed by atoms with E-state index in [2.05, 4.69) is 0 Å². The first-order valence-corrected chi connectivity index (χ1v) is 5.40. The third-order valence-electron chi connectivity index (χ3n) is 2.08. The van der Waals surface area contributed by atoms with Crippen LogP contribution >= 0.6 is 0 Å². The van der Waals surface area contributed by atoms with Crippen LogP contribution in [0, 0.1) is 11.8 Å². The molecular formula is C12H18O4Zn. The average Bonchev–Trinajstić information content (AvgIpc) is 2.09. The number of hydrogen-bond donors (Lipinski definition) is 0. The summed E-state index contributed by atoms with van der Waals surface area (Å²) >= 11 is 0. The fraction of sp³-hybridized carbons (Fsp3) is 0.667. The number of aliphatic carboxylic acids is 2. The Bertz CT molecular complexity index is 276. The molecule has 0 aromatic heterocycles. The Hall–Kier alpha value is -0.697. The first kappa shape index (κ1) is 18.7. The molecule has 0 fully saturated rings. The van der Waals surface area contributed by atoms with E-state index in [1.54, 1.807) is 0 Å². The molecule has 0 aliphatic heterocycles. The van der Waals surface area contributed by atoms with Crippen LogP contribution in [-0.4, -0.2) is 11.9 Å². The third-order valence-corrected chi connectivity index (χ3v) is 2.08. The smallest absolute Gasteiger partial charge is 0.545 e. The van der Waals surface area contributed by atoms with Crippen molar-refractivity contribution in [1.29, 1.82) is 0 Å². The van der Waals surface area contributed by atoms with Gasteiger partial charge in [0.15, 0.2) is 0 Å². The van der Waals surface area contributed by atoms with Crippen LogP contribution < -0.4 is 10.2 Å². The van der Waals surface area contributed by atoms with Gasteiger partial charge in [-0.25, -0.2) is 0 Å². The Balaban J connectivity index is 0. The van der Waals surface area contributed by atoms with E-state index in [4.69, 9.17) is 0 Å². The van der Waals surface area contributed by atoms with Crippen LogP contribution in [0.3, 0.4) is 0 Å². The van der Waals surface area contributed by atoms with Crippen molar-refractivity contribution in [2.24, 2.45) is 11.8 Å². The second-order valence-corrected chi connectivity index (χ2v) is 4.73. The molecular weight excluding hydrogens is 274 g/mol. The molecule has 0 saturated heterocycles. The second-order valence-electron chi connectivity index (χ2n) is 4.73. The summed E-state index contributed by atoms with van der Waals surface area (Å²) < 4.78 is 0. The van der Waals surface area contributed by atoms with Gasteiger partial charge in [0.1, 0.15) is 0 Å². The minimum atomic E-state index is -1.41. The molecule has 0 unspecified atom stereocenters. The van der Waals surface area contributed by atoms with Crippen molar-refractivity contribution in [3.63, 3.8) is 0 Å². The van der Waals surface area contributed by atoms with Gasteiger partial charge in [0.2, 0.25) is 0 Å². The van der Waals surface area contributed by atoms with Crippen LogP contribution in [0.4, 0.5) is 0 Å². The third kappa shape index (κ3) is 7.27. The number of rotatable bonds is 6. The molecule has 0 aromatic carbocycles. The second kappa shape index (κ2) is 8.40. The number of hydrogen-bond acceptors (Lipinski definition) is 4.